The van der Waals surface area contributed by atoms with Gasteiger partial charge in [0.05, 0.1) is 28.5 Å². The molecule has 0 bridgehead atoms. The molecular formula is C22H20N2O6. The van der Waals surface area contributed by atoms with E-state index in [9.17, 15) is 19.7 Å². The summed E-state index contributed by atoms with van der Waals surface area (Å²) in [5.74, 6) is -0.459. The number of non-ortho nitro benzene ring substituents is 1. The lowest BCUT2D eigenvalue weighted by Gasteiger charge is -2.24. The van der Waals surface area contributed by atoms with Crippen LogP contribution >= 0.6 is 0 Å². The van der Waals surface area contributed by atoms with Crippen LogP contribution in [-0.4, -0.2) is 36.0 Å². The summed E-state index contributed by atoms with van der Waals surface area (Å²) in [4.78, 5) is 38.8. The number of nitro benzene ring substituents is 1. The third-order valence-electron chi connectivity index (χ3n) is 5.52. The van der Waals surface area contributed by atoms with Gasteiger partial charge in [-0.05, 0) is 42.7 Å². The normalized spacial score (nSPS) is 15.6. The summed E-state index contributed by atoms with van der Waals surface area (Å²) in [6, 6.07) is 8.69. The van der Waals surface area contributed by atoms with Crippen molar-refractivity contribution in [2.75, 3.05) is 20.3 Å². The quantitative estimate of drug-likeness (QED) is 0.473. The zero-order chi connectivity index (χ0) is 21.6. The molecule has 1 aromatic heterocycles. The highest BCUT2D eigenvalue weighted by atomic mass is 16.6. The Morgan fingerprint density at radius 1 is 1.17 bits per heavy atom. The van der Waals surface area contributed by atoms with Gasteiger partial charge in [0.1, 0.15) is 5.58 Å². The van der Waals surface area contributed by atoms with Crippen molar-refractivity contribution in [2.45, 2.75) is 19.9 Å². The predicted octanol–water partition coefficient (Wildman–Crippen LogP) is 3.51. The van der Waals surface area contributed by atoms with Crippen LogP contribution < -0.4 is 5.43 Å². The average molecular weight is 408 g/mol. The van der Waals surface area contributed by atoms with E-state index in [0.29, 0.717) is 16.5 Å². The standard InChI is InChI=1S/C22H20N2O6/c1-12-9-16-17(10-13(12)2)30-21-18(20(16)25)19(23(22(21)26)7-8-29-3)14-5-4-6-15(11-14)24(27)28/h4-6,9-11,19H,7-8H2,1-3H3. The fourth-order valence-electron chi connectivity index (χ4n) is 3.85. The molecule has 2 aromatic carbocycles. The lowest BCUT2D eigenvalue weighted by Crippen LogP contribution is -2.32. The number of nitro groups is 1. The summed E-state index contributed by atoms with van der Waals surface area (Å²) in [7, 11) is 1.51. The minimum atomic E-state index is -0.787. The van der Waals surface area contributed by atoms with Crippen LogP contribution in [0.15, 0.2) is 45.6 Å². The molecule has 2 heterocycles. The number of nitrogens with zero attached hydrogens (tertiary/aromatic N) is 2. The summed E-state index contributed by atoms with van der Waals surface area (Å²) < 4.78 is 11.0. The van der Waals surface area contributed by atoms with Gasteiger partial charge in [-0.2, -0.15) is 0 Å². The van der Waals surface area contributed by atoms with E-state index in [1.165, 1.54) is 24.1 Å². The van der Waals surface area contributed by atoms with Gasteiger partial charge in [-0.3, -0.25) is 19.7 Å². The number of carbonyl (C=O) groups excluding carboxylic acids is 1. The number of benzene rings is 2. The molecule has 8 heteroatoms. The molecule has 3 aromatic rings. The second-order valence-corrected chi connectivity index (χ2v) is 7.35. The Labute approximate surface area is 171 Å². The van der Waals surface area contributed by atoms with Gasteiger partial charge in [0.2, 0.25) is 5.76 Å². The topological polar surface area (TPSA) is 103 Å². The van der Waals surface area contributed by atoms with E-state index in [4.69, 9.17) is 9.15 Å². The smallest absolute Gasteiger partial charge is 0.290 e. The maximum absolute atomic E-state index is 13.4. The summed E-state index contributed by atoms with van der Waals surface area (Å²) >= 11 is 0. The Bertz CT molecular complexity index is 1250. The van der Waals surface area contributed by atoms with Gasteiger partial charge >= 0.3 is 0 Å². The molecule has 0 spiro atoms. The van der Waals surface area contributed by atoms with E-state index in [1.807, 2.05) is 13.8 Å². The van der Waals surface area contributed by atoms with E-state index in [0.717, 1.165) is 11.1 Å². The second-order valence-electron chi connectivity index (χ2n) is 7.35. The van der Waals surface area contributed by atoms with Crippen LogP contribution in [0.4, 0.5) is 5.69 Å². The number of hydrogen-bond donors (Lipinski definition) is 0. The van der Waals surface area contributed by atoms with Gasteiger partial charge in [0, 0.05) is 25.8 Å². The van der Waals surface area contributed by atoms with Crippen molar-refractivity contribution in [3.8, 4) is 0 Å². The molecule has 0 fully saturated rings. The zero-order valence-corrected chi connectivity index (χ0v) is 16.8. The molecule has 154 valence electrons. The van der Waals surface area contributed by atoms with Gasteiger partial charge in [-0.15, -0.1) is 0 Å². The third kappa shape index (κ3) is 3.05. The first-order valence-electron chi connectivity index (χ1n) is 9.45. The molecule has 30 heavy (non-hydrogen) atoms. The molecule has 1 unspecified atom stereocenters. The van der Waals surface area contributed by atoms with Crippen molar-refractivity contribution in [3.05, 3.63) is 84.7 Å². The molecule has 0 aliphatic carbocycles. The van der Waals surface area contributed by atoms with Gasteiger partial charge in [0.15, 0.2) is 5.43 Å². The number of aryl methyl sites for hydroxylation is 2. The average Bonchev–Trinajstić information content (AvgIpc) is 3.00. The molecule has 0 N–H and O–H groups in total. The maximum atomic E-state index is 13.4. The second kappa shape index (κ2) is 7.38. The predicted molar refractivity (Wildman–Crippen MR) is 110 cm³/mol. The van der Waals surface area contributed by atoms with E-state index in [2.05, 4.69) is 0 Å². The van der Waals surface area contributed by atoms with Gasteiger partial charge < -0.3 is 14.1 Å². The van der Waals surface area contributed by atoms with Crippen molar-refractivity contribution in [1.82, 2.24) is 4.90 Å². The van der Waals surface area contributed by atoms with Crippen molar-refractivity contribution in [2.24, 2.45) is 0 Å². The molecule has 1 aliphatic rings. The summed E-state index contributed by atoms with van der Waals surface area (Å²) in [5, 5.41) is 11.7. The number of methoxy groups -OCH3 is 1. The molecule has 1 aliphatic heterocycles. The van der Waals surface area contributed by atoms with Crippen LogP contribution in [0.2, 0.25) is 0 Å². The van der Waals surface area contributed by atoms with Crippen molar-refractivity contribution < 1.29 is 18.9 Å². The first-order valence-corrected chi connectivity index (χ1v) is 9.45. The van der Waals surface area contributed by atoms with Crippen LogP contribution in [0.25, 0.3) is 11.0 Å². The molecule has 8 nitrogen and oxygen atoms in total. The minimum Gasteiger partial charge on any atom is -0.450 e. The van der Waals surface area contributed by atoms with Crippen LogP contribution in [0.3, 0.4) is 0 Å². The Balaban J connectivity index is 1.99. The summed E-state index contributed by atoms with van der Waals surface area (Å²) in [6.07, 6.45) is 0. The lowest BCUT2D eigenvalue weighted by atomic mass is 9.97. The number of ether oxygens (including phenoxy) is 1. The highest BCUT2D eigenvalue weighted by Gasteiger charge is 2.42. The Morgan fingerprint density at radius 3 is 2.60 bits per heavy atom. The maximum Gasteiger partial charge on any atom is 0.290 e. The number of carbonyl (C=O) groups is 1. The van der Waals surface area contributed by atoms with E-state index in [1.54, 1.807) is 24.3 Å². The van der Waals surface area contributed by atoms with E-state index in [-0.39, 0.29) is 35.6 Å². The highest BCUT2D eigenvalue weighted by Crippen LogP contribution is 2.39. The minimum absolute atomic E-state index is 0.0247. The Kier molecular flexibility index (Phi) is 4.87. The molecule has 0 saturated heterocycles. The highest BCUT2D eigenvalue weighted by molar-refractivity contribution is 5.99. The Morgan fingerprint density at radius 2 is 1.90 bits per heavy atom. The number of amides is 1. The first kappa shape index (κ1) is 19.8. The van der Waals surface area contributed by atoms with Crippen LogP contribution in [0.1, 0.15) is 38.9 Å². The SMILES string of the molecule is COCCN1C(=O)c2oc3cc(C)c(C)cc3c(=O)c2C1c1cccc([N+](=O)[O-])c1. The van der Waals surface area contributed by atoms with Crippen LogP contribution in [0.5, 0.6) is 0 Å². The zero-order valence-electron chi connectivity index (χ0n) is 16.8. The van der Waals surface area contributed by atoms with Crippen LogP contribution in [-0.2, 0) is 4.74 Å². The molecule has 0 radical (unpaired) electrons. The van der Waals surface area contributed by atoms with Crippen LogP contribution in [0, 0.1) is 24.0 Å². The largest absolute Gasteiger partial charge is 0.450 e. The van der Waals surface area contributed by atoms with Crippen molar-refractivity contribution in [1.29, 1.82) is 0 Å². The number of hydrogen-bond acceptors (Lipinski definition) is 6. The molecular weight excluding hydrogens is 388 g/mol. The van der Waals surface area contributed by atoms with E-state index >= 15 is 0 Å². The van der Waals surface area contributed by atoms with Crippen molar-refractivity contribution in [3.63, 3.8) is 0 Å². The molecule has 0 saturated carbocycles. The third-order valence-corrected chi connectivity index (χ3v) is 5.52. The summed E-state index contributed by atoms with van der Waals surface area (Å²) in [6.45, 7) is 4.26. The van der Waals surface area contributed by atoms with Gasteiger partial charge in [-0.1, -0.05) is 12.1 Å². The molecule has 1 amide bonds. The lowest BCUT2D eigenvalue weighted by molar-refractivity contribution is -0.384. The fourth-order valence-corrected chi connectivity index (χ4v) is 3.85. The summed E-state index contributed by atoms with van der Waals surface area (Å²) in [5.41, 5.74) is 2.48. The fraction of sp³-hybridized carbons (Fsp3) is 0.273. The van der Waals surface area contributed by atoms with Gasteiger partial charge in [-0.25, -0.2) is 0 Å². The molecule has 4 rings (SSSR count). The number of fused-ring (bicyclic) bond motifs is 2. The monoisotopic (exact) mass is 408 g/mol. The van der Waals surface area contributed by atoms with E-state index < -0.39 is 16.9 Å². The number of rotatable bonds is 5. The first-order chi connectivity index (χ1) is 14.3. The molecule has 1 atom stereocenters. The Hall–Kier alpha value is -3.52. The van der Waals surface area contributed by atoms with Crippen molar-refractivity contribution >= 4 is 22.6 Å². The van der Waals surface area contributed by atoms with Gasteiger partial charge in [0.25, 0.3) is 11.6 Å².